The van der Waals surface area contributed by atoms with Gasteiger partial charge in [0, 0.05) is 17.0 Å². The number of hydrogen-bond donors (Lipinski definition) is 1. The van der Waals surface area contributed by atoms with E-state index in [-0.39, 0.29) is 11.3 Å². The molecule has 0 fully saturated rings. The standard InChI is InChI=1S/C25H35O4P/c1-15-9-18(4)23-21(11-15)20(13-17(3)14-25(6,7)8)22-12-16(2)10-19(5)24(22)29-30(26,27)28-23/h9-12,17,20H,13-14H2,1-8H3,(H,26,27). The van der Waals surface area contributed by atoms with Gasteiger partial charge in [-0.05, 0) is 63.0 Å². The number of aryl methyl sites for hydroxylation is 4. The Morgan fingerprint density at radius 3 is 1.77 bits per heavy atom. The largest absolute Gasteiger partial charge is 0.584 e. The van der Waals surface area contributed by atoms with Gasteiger partial charge in [-0.25, -0.2) is 4.57 Å². The first-order valence-electron chi connectivity index (χ1n) is 10.7. The maximum atomic E-state index is 12.8. The topological polar surface area (TPSA) is 55.8 Å². The molecule has 0 amide bonds. The number of phosphoric acid groups is 1. The molecule has 0 aromatic heterocycles. The van der Waals surface area contributed by atoms with Crippen LogP contribution in [0.5, 0.6) is 11.5 Å². The Labute approximate surface area is 181 Å². The van der Waals surface area contributed by atoms with Gasteiger partial charge < -0.3 is 9.05 Å². The van der Waals surface area contributed by atoms with Crippen LogP contribution in [0.2, 0.25) is 0 Å². The first kappa shape index (κ1) is 22.9. The molecule has 0 saturated heterocycles. The summed E-state index contributed by atoms with van der Waals surface area (Å²) in [5.41, 5.74) is 6.10. The van der Waals surface area contributed by atoms with Crippen molar-refractivity contribution in [2.24, 2.45) is 11.3 Å². The highest BCUT2D eigenvalue weighted by Crippen LogP contribution is 2.55. The van der Waals surface area contributed by atoms with Gasteiger partial charge in [0.2, 0.25) is 0 Å². The van der Waals surface area contributed by atoms with Gasteiger partial charge >= 0.3 is 7.82 Å². The average Bonchev–Trinajstić information content (AvgIpc) is 2.55. The van der Waals surface area contributed by atoms with E-state index >= 15 is 0 Å². The molecule has 0 saturated carbocycles. The van der Waals surface area contributed by atoms with Crippen molar-refractivity contribution in [3.63, 3.8) is 0 Å². The summed E-state index contributed by atoms with van der Waals surface area (Å²) in [7, 11) is -4.30. The molecule has 2 aromatic rings. The molecule has 164 valence electrons. The monoisotopic (exact) mass is 430 g/mol. The SMILES string of the molecule is Cc1cc(C)c2c(c1)C(CC(C)CC(C)(C)C)c1cc(C)cc(C)c1OP(=O)(O)O2. The second-order valence-corrected chi connectivity index (χ2v) is 11.6. The highest BCUT2D eigenvalue weighted by Gasteiger charge is 2.36. The molecule has 1 N–H and O–H groups in total. The summed E-state index contributed by atoms with van der Waals surface area (Å²) >= 11 is 0. The molecule has 0 spiro atoms. The van der Waals surface area contributed by atoms with Crippen LogP contribution in [-0.2, 0) is 4.57 Å². The Morgan fingerprint density at radius 2 is 1.37 bits per heavy atom. The van der Waals surface area contributed by atoms with Gasteiger partial charge in [-0.3, -0.25) is 4.89 Å². The third-order valence-corrected chi connectivity index (χ3v) is 6.49. The van der Waals surface area contributed by atoms with Crippen LogP contribution in [0.3, 0.4) is 0 Å². The van der Waals surface area contributed by atoms with Crippen molar-refractivity contribution in [2.45, 2.75) is 74.1 Å². The highest BCUT2D eigenvalue weighted by molar-refractivity contribution is 7.48. The zero-order valence-corrected chi connectivity index (χ0v) is 20.4. The number of hydrogen-bond acceptors (Lipinski definition) is 3. The third-order valence-electron chi connectivity index (χ3n) is 5.66. The summed E-state index contributed by atoms with van der Waals surface area (Å²) in [6.45, 7) is 17.0. The summed E-state index contributed by atoms with van der Waals surface area (Å²) < 4.78 is 24.1. The summed E-state index contributed by atoms with van der Waals surface area (Å²) in [5.74, 6) is 1.43. The van der Waals surface area contributed by atoms with Crippen LogP contribution in [0.15, 0.2) is 24.3 Å². The minimum absolute atomic E-state index is 0.0184. The van der Waals surface area contributed by atoms with Crippen LogP contribution in [0.25, 0.3) is 0 Å². The average molecular weight is 431 g/mol. The van der Waals surface area contributed by atoms with Gasteiger partial charge in [-0.1, -0.05) is 63.1 Å². The first-order valence-corrected chi connectivity index (χ1v) is 12.2. The van der Waals surface area contributed by atoms with Gasteiger partial charge in [0.15, 0.2) is 0 Å². The Morgan fingerprint density at radius 1 is 0.933 bits per heavy atom. The Hall–Kier alpha value is -1.77. The van der Waals surface area contributed by atoms with E-state index in [0.717, 1.165) is 46.2 Å². The smallest absolute Gasteiger partial charge is 0.395 e. The van der Waals surface area contributed by atoms with Crippen LogP contribution < -0.4 is 9.05 Å². The fraction of sp³-hybridized carbons (Fsp3) is 0.520. The molecule has 4 nitrogen and oxygen atoms in total. The van der Waals surface area contributed by atoms with Gasteiger partial charge in [-0.15, -0.1) is 0 Å². The van der Waals surface area contributed by atoms with Crippen LogP contribution in [0, 0.1) is 39.0 Å². The molecular formula is C25H35O4P. The number of phosphoric ester groups is 1. The quantitative estimate of drug-likeness (QED) is 0.516. The predicted octanol–water partition coefficient (Wildman–Crippen LogP) is 7.39. The van der Waals surface area contributed by atoms with Gasteiger partial charge in [0.05, 0.1) is 0 Å². The van der Waals surface area contributed by atoms with Crippen molar-refractivity contribution >= 4 is 7.82 Å². The van der Waals surface area contributed by atoms with Gasteiger partial charge in [-0.2, -0.15) is 0 Å². The molecule has 1 heterocycles. The molecule has 0 radical (unpaired) electrons. The van der Waals surface area contributed by atoms with Crippen molar-refractivity contribution in [3.05, 3.63) is 57.6 Å². The van der Waals surface area contributed by atoms with Crippen molar-refractivity contribution < 1.29 is 18.5 Å². The fourth-order valence-electron chi connectivity index (χ4n) is 4.94. The summed E-state index contributed by atoms with van der Waals surface area (Å²) in [5, 5.41) is 0. The molecule has 1 aliphatic heterocycles. The van der Waals surface area contributed by atoms with E-state index in [0.29, 0.717) is 17.4 Å². The normalized spacial score (nSPS) is 22.1. The number of rotatable bonds is 3. The minimum atomic E-state index is -4.30. The van der Waals surface area contributed by atoms with E-state index in [1.54, 1.807) is 0 Å². The van der Waals surface area contributed by atoms with Crippen molar-refractivity contribution in [1.82, 2.24) is 0 Å². The fourth-order valence-corrected chi connectivity index (χ4v) is 5.94. The molecule has 1 aliphatic rings. The van der Waals surface area contributed by atoms with Gasteiger partial charge in [0.1, 0.15) is 11.5 Å². The van der Waals surface area contributed by atoms with Crippen molar-refractivity contribution in [2.75, 3.05) is 0 Å². The molecule has 0 aliphatic carbocycles. The second kappa shape index (κ2) is 8.05. The lowest BCUT2D eigenvalue weighted by atomic mass is 9.76. The molecule has 3 rings (SSSR count). The Balaban J connectivity index is 2.25. The molecule has 2 aromatic carbocycles. The lowest BCUT2D eigenvalue weighted by Gasteiger charge is -2.32. The van der Waals surface area contributed by atoms with Crippen LogP contribution >= 0.6 is 7.82 Å². The second-order valence-electron chi connectivity index (χ2n) is 10.3. The van der Waals surface area contributed by atoms with Crippen LogP contribution in [-0.4, -0.2) is 4.89 Å². The van der Waals surface area contributed by atoms with Gasteiger partial charge in [0.25, 0.3) is 0 Å². The summed E-state index contributed by atoms with van der Waals surface area (Å²) in [6, 6.07) is 8.17. The summed E-state index contributed by atoms with van der Waals surface area (Å²) in [6.07, 6.45) is 2.00. The first-order chi connectivity index (χ1) is 13.8. The highest BCUT2D eigenvalue weighted by atomic mass is 31.2. The van der Waals surface area contributed by atoms with E-state index in [1.807, 2.05) is 26.0 Å². The molecular weight excluding hydrogens is 395 g/mol. The maximum Gasteiger partial charge on any atom is 0.584 e. The number of fused-ring (bicyclic) bond motifs is 2. The zero-order valence-electron chi connectivity index (χ0n) is 19.5. The Bertz CT molecular complexity index is 938. The van der Waals surface area contributed by atoms with Crippen molar-refractivity contribution in [3.8, 4) is 11.5 Å². The zero-order chi connectivity index (χ0) is 22.4. The van der Waals surface area contributed by atoms with Crippen LogP contribution in [0.1, 0.15) is 79.8 Å². The predicted molar refractivity (Wildman–Crippen MR) is 123 cm³/mol. The van der Waals surface area contributed by atoms with E-state index in [9.17, 15) is 9.46 Å². The number of benzene rings is 2. The van der Waals surface area contributed by atoms with E-state index < -0.39 is 7.82 Å². The Kier molecular flexibility index (Phi) is 6.15. The lowest BCUT2D eigenvalue weighted by molar-refractivity contribution is 0.274. The summed E-state index contributed by atoms with van der Waals surface area (Å²) in [4.78, 5) is 10.5. The molecule has 5 heteroatoms. The van der Waals surface area contributed by atoms with E-state index in [4.69, 9.17) is 9.05 Å². The molecule has 1 unspecified atom stereocenters. The van der Waals surface area contributed by atoms with E-state index in [1.165, 1.54) is 0 Å². The van der Waals surface area contributed by atoms with E-state index in [2.05, 4.69) is 53.7 Å². The minimum Gasteiger partial charge on any atom is -0.395 e. The van der Waals surface area contributed by atoms with Crippen LogP contribution in [0.4, 0.5) is 0 Å². The molecule has 1 atom stereocenters. The lowest BCUT2D eigenvalue weighted by Crippen LogP contribution is -2.18. The van der Waals surface area contributed by atoms with Crippen molar-refractivity contribution in [1.29, 1.82) is 0 Å². The molecule has 0 bridgehead atoms. The molecule has 30 heavy (non-hydrogen) atoms. The maximum absolute atomic E-state index is 12.8. The third kappa shape index (κ3) is 5.10.